The molecule has 1 aromatic carbocycles. The first-order valence-corrected chi connectivity index (χ1v) is 7.97. The third-order valence-electron chi connectivity index (χ3n) is 3.80. The molecule has 0 radical (unpaired) electrons. The van der Waals surface area contributed by atoms with Crippen LogP contribution in [0.4, 0.5) is 5.69 Å². The largest absolute Gasteiger partial charge is 0.497 e. The van der Waals surface area contributed by atoms with Crippen molar-refractivity contribution in [3.63, 3.8) is 0 Å². The molecule has 0 aliphatic heterocycles. The minimum atomic E-state index is 0.680. The number of ether oxygens (including phenoxy) is 1. The second kappa shape index (κ2) is 8.03. The van der Waals surface area contributed by atoms with Crippen LogP contribution in [-0.4, -0.2) is 18.8 Å². The summed E-state index contributed by atoms with van der Waals surface area (Å²) in [6, 6.07) is 5.92. The van der Waals surface area contributed by atoms with E-state index in [1.807, 2.05) is 25.1 Å². The van der Waals surface area contributed by atoms with E-state index >= 15 is 0 Å². The lowest BCUT2D eigenvalue weighted by molar-refractivity contribution is 0.414. The van der Waals surface area contributed by atoms with Gasteiger partial charge in [-0.25, -0.2) is 0 Å². The maximum atomic E-state index is 5.35. The number of hydrogen-bond acceptors (Lipinski definition) is 2. The molecule has 0 saturated carbocycles. The van der Waals surface area contributed by atoms with Crippen LogP contribution in [0.2, 0.25) is 0 Å². The molecule has 2 rings (SSSR count). The average molecular weight is 304 g/mol. The van der Waals surface area contributed by atoms with Gasteiger partial charge in [0, 0.05) is 12.2 Å². The number of thiocarbonyl (C=S) groups is 1. The van der Waals surface area contributed by atoms with Crippen molar-refractivity contribution in [2.75, 3.05) is 19.0 Å². The number of aryl methyl sites for hydroxylation is 1. The van der Waals surface area contributed by atoms with E-state index < -0.39 is 0 Å². The fourth-order valence-corrected chi connectivity index (χ4v) is 2.75. The number of allylic oxidation sites excluding steroid dienone is 1. The Morgan fingerprint density at radius 1 is 1.33 bits per heavy atom. The molecule has 0 fully saturated rings. The lowest BCUT2D eigenvalue weighted by Crippen LogP contribution is -2.29. The zero-order valence-corrected chi connectivity index (χ0v) is 13.7. The number of nitrogens with one attached hydrogen (secondary N) is 2. The van der Waals surface area contributed by atoms with Crippen LogP contribution in [0.3, 0.4) is 0 Å². The number of benzene rings is 1. The second-order valence-electron chi connectivity index (χ2n) is 5.42. The lowest BCUT2D eigenvalue weighted by atomic mass is 9.97. The van der Waals surface area contributed by atoms with Crippen molar-refractivity contribution in [2.45, 2.75) is 39.0 Å². The van der Waals surface area contributed by atoms with Gasteiger partial charge in [-0.2, -0.15) is 0 Å². The molecule has 0 unspecified atom stereocenters. The molecular formula is C17H24N2OS. The number of rotatable bonds is 5. The summed E-state index contributed by atoms with van der Waals surface area (Å²) in [5.41, 5.74) is 3.70. The molecule has 0 heterocycles. The minimum Gasteiger partial charge on any atom is -0.497 e. The molecule has 0 atom stereocenters. The van der Waals surface area contributed by atoms with Gasteiger partial charge in [-0.1, -0.05) is 11.6 Å². The standard InChI is InChI=1S/C17H24N2OS/c1-13-12-15(20-2)8-9-16(13)19-17(21)18-11-10-14-6-4-3-5-7-14/h6,8-9,12H,3-5,7,10-11H2,1-2H3,(H2,18,19,21). The van der Waals surface area contributed by atoms with E-state index in [4.69, 9.17) is 17.0 Å². The van der Waals surface area contributed by atoms with Crippen molar-refractivity contribution >= 4 is 23.0 Å². The Kier molecular flexibility index (Phi) is 6.05. The van der Waals surface area contributed by atoms with Crippen LogP contribution in [-0.2, 0) is 0 Å². The maximum absolute atomic E-state index is 5.35. The van der Waals surface area contributed by atoms with Crippen molar-refractivity contribution in [1.29, 1.82) is 0 Å². The Morgan fingerprint density at radius 2 is 2.19 bits per heavy atom. The zero-order chi connectivity index (χ0) is 15.1. The van der Waals surface area contributed by atoms with Gasteiger partial charge in [0.05, 0.1) is 7.11 Å². The van der Waals surface area contributed by atoms with E-state index in [1.54, 1.807) is 12.7 Å². The summed E-state index contributed by atoms with van der Waals surface area (Å²) >= 11 is 5.35. The topological polar surface area (TPSA) is 33.3 Å². The van der Waals surface area contributed by atoms with Crippen LogP contribution >= 0.6 is 12.2 Å². The highest BCUT2D eigenvalue weighted by molar-refractivity contribution is 7.80. The molecule has 1 aliphatic rings. The number of anilines is 1. The molecule has 1 aliphatic carbocycles. The van der Waals surface area contributed by atoms with Gasteiger partial charge in [0.1, 0.15) is 5.75 Å². The van der Waals surface area contributed by atoms with E-state index in [1.165, 1.54) is 25.7 Å². The normalized spacial score (nSPS) is 14.3. The molecule has 3 nitrogen and oxygen atoms in total. The summed E-state index contributed by atoms with van der Waals surface area (Å²) < 4.78 is 5.20. The molecular weight excluding hydrogens is 280 g/mol. The molecule has 2 N–H and O–H groups in total. The molecule has 1 aromatic rings. The summed E-state index contributed by atoms with van der Waals surface area (Å²) in [7, 11) is 1.67. The van der Waals surface area contributed by atoms with E-state index in [2.05, 4.69) is 16.7 Å². The highest BCUT2D eigenvalue weighted by Gasteiger charge is 2.05. The summed E-state index contributed by atoms with van der Waals surface area (Å²) in [6.07, 6.45) is 8.63. The average Bonchev–Trinajstić information content (AvgIpc) is 2.50. The van der Waals surface area contributed by atoms with Gasteiger partial charge in [-0.3, -0.25) is 0 Å². The first-order chi connectivity index (χ1) is 10.2. The van der Waals surface area contributed by atoms with Crippen LogP contribution < -0.4 is 15.4 Å². The van der Waals surface area contributed by atoms with Crippen LogP contribution in [0, 0.1) is 6.92 Å². The Labute approximate surface area is 132 Å². The van der Waals surface area contributed by atoms with Crippen molar-refractivity contribution in [3.8, 4) is 5.75 Å². The Morgan fingerprint density at radius 3 is 2.86 bits per heavy atom. The number of methoxy groups -OCH3 is 1. The lowest BCUT2D eigenvalue weighted by Gasteiger charge is -2.15. The van der Waals surface area contributed by atoms with Gasteiger partial charge in [-0.15, -0.1) is 0 Å². The fourth-order valence-electron chi connectivity index (χ4n) is 2.54. The third-order valence-corrected chi connectivity index (χ3v) is 4.04. The highest BCUT2D eigenvalue weighted by Crippen LogP contribution is 2.21. The third kappa shape index (κ3) is 5.05. The van der Waals surface area contributed by atoms with Crippen molar-refractivity contribution in [1.82, 2.24) is 5.32 Å². The second-order valence-corrected chi connectivity index (χ2v) is 5.83. The molecule has 0 saturated heterocycles. The smallest absolute Gasteiger partial charge is 0.170 e. The fraction of sp³-hybridized carbons (Fsp3) is 0.471. The van der Waals surface area contributed by atoms with Crippen molar-refractivity contribution in [2.24, 2.45) is 0 Å². The quantitative estimate of drug-likeness (QED) is 0.631. The molecule has 0 aromatic heterocycles. The zero-order valence-electron chi connectivity index (χ0n) is 12.9. The van der Waals surface area contributed by atoms with Crippen LogP contribution in [0.1, 0.15) is 37.7 Å². The summed E-state index contributed by atoms with van der Waals surface area (Å²) in [6.45, 7) is 2.94. The Hall–Kier alpha value is -1.55. The van der Waals surface area contributed by atoms with E-state index in [-0.39, 0.29) is 0 Å². The van der Waals surface area contributed by atoms with Gasteiger partial charge in [-0.05, 0) is 75.0 Å². The summed E-state index contributed by atoms with van der Waals surface area (Å²) in [4.78, 5) is 0. The van der Waals surface area contributed by atoms with Crippen molar-refractivity contribution < 1.29 is 4.74 Å². The van der Waals surface area contributed by atoms with E-state index in [0.717, 1.165) is 30.0 Å². The van der Waals surface area contributed by atoms with Crippen LogP contribution in [0.5, 0.6) is 5.75 Å². The maximum Gasteiger partial charge on any atom is 0.170 e. The van der Waals surface area contributed by atoms with Gasteiger partial charge >= 0.3 is 0 Å². The molecule has 0 amide bonds. The van der Waals surface area contributed by atoms with Crippen molar-refractivity contribution in [3.05, 3.63) is 35.4 Å². The van der Waals surface area contributed by atoms with E-state index in [9.17, 15) is 0 Å². The van der Waals surface area contributed by atoms with E-state index in [0.29, 0.717) is 5.11 Å². The van der Waals surface area contributed by atoms with Gasteiger partial charge in [0.15, 0.2) is 5.11 Å². The highest BCUT2D eigenvalue weighted by atomic mass is 32.1. The molecule has 114 valence electrons. The van der Waals surface area contributed by atoms with Gasteiger partial charge < -0.3 is 15.4 Å². The Balaban J connectivity index is 1.77. The number of hydrogen-bond donors (Lipinski definition) is 2. The molecule has 0 bridgehead atoms. The predicted octanol–water partition coefficient (Wildman–Crippen LogP) is 4.18. The van der Waals surface area contributed by atoms with Crippen LogP contribution in [0.25, 0.3) is 0 Å². The van der Waals surface area contributed by atoms with Gasteiger partial charge in [0.2, 0.25) is 0 Å². The SMILES string of the molecule is COc1ccc(NC(=S)NCCC2=CCCCC2)c(C)c1. The summed E-state index contributed by atoms with van der Waals surface area (Å²) in [5.74, 6) is 0.862. The summed E-state index contributed by atoms with van der Waals surface area (Å²) in [5, 5.41) is 7.21. The molecule has 0 spiro atoms. The minimum absolute atomic E-state index is 0.680. The Bertz CT molecular complexity index is 526. The first-order valence-electron chi connectivity index (χ1n) is 7.56. The predicted molar refractivity (Wildman–Crippen MR) is 93.1 cm³/mol. The first kappa shape index (κ1) is 15.8. The molecule has 4 heteroatoms. The molecule has 21 heavy (non-hydrogen) atoms. The van der Waals surface area contributed by atoms with Gasteiger partial charge in [0.25, 0.3) is 0 Å². The van der Waals surface area contributed by atoms with Crippen LogP contribution in [0.15, 0.2) is 29.8 Å². The monoisotopic (exact) mass is 304 g/mol.